The minimum atomic E-state index is -0.159. The van der Waals surface area contributed by atoms with Crippen molar-refractivity contribution < 1.29 is 15.0 Å². The van der Waals surface area contributed by atoms with Crippen LogP contribution in [0.4, 0.5) is 5.69 Å². The van der Waals surface area contributed by atoms with Crippen LogP contribution in [0.15, 0.2) is 35.6 Å². The molecule has 0 saturated carbocycles. The number of fused-ring (bicyclic) bond motifs is 1. The first-order valence-electron chi connectivity index (χ1n) is 11.2. The highest BCUT2D eigenvalue weighted by atomic mass is 16.3. The molecule has 1 fully saturated rings. The van der Waals surface area contributed by atoms with Gasteiger partial charge < -0.3 is 25.8 Å². The van der Waals surface area contributed by atoms with Crippen LogP contribution in [0.2, 0.25) is 0 Å². The molecule has 1 amide bonds. The molecule has 0 spiro atoms. The van der Waals surface area contributed by atoms with Crippen LogP contribution in [0.5, 0.6) is 5.88 Å². The molecular weight excluding hydrogens is 408 g/mol. The lowest BCUT2D eigenvalue weighted by atomic mass is 10.0. The summed E-state index contributed by atoms with van der Waals surface area (Å²) in [7, 11) is 0. The Morgan fingerprint density at radius 3 is 2.88 bits per heavy atom. The number of amides is 1. The summed E-state index contributed by atoms with van der Waals surface area (Å²) in [5.74, 6) is -0.120. The molecule has 9 nitrogen and oxygen atoms in total. The summed E-state index contributed by atoms with van der Waals surface area (Å²) in [5.41, 5.74) is 3.34. The number of aromatic nitrogens is 3. The normalized spacial score (nSPS) is 14.6. The predicted molar refractivity (Wildman–Crippen MR) is 124 cm³/mol. The lowest BCUT2D eigenvalue weighted by Crippen LogP contribution is -2.43. The topological polar surface area (TPSA) is 128 Å². The first-order chi connectivity index (χ1) is 15.6. The largest absolute Gasteiger partial charge is 0.494 e. The summed E-state index contributed by atoms with van der Waals surface area (Å²) in [4.78, 5) is 20.3. The second kappa shape index (κ2) is 9.97. The van der Waals surface area contributed by atoms with Crippen molar-refractivity contribution in [3.63, 3.8) is 0 Å². The summed E-state index contributed by atoms with van der Waals surface area (Å²) in [5, 5.41) is 30.8. The molecule has 9 heteroatoms. The molecule has 1 aliphatic rings. The molecule has 0 bridgehead atoms. The third-order valence-corrected chi connectivity index (χ3v) is 5.77. The van der Waals surface area contributed by atoms with Crippen molar-refractivity contribution in [2.45, 2.75) is 38.6 Å². The van der Waals surface area contributed by atoms with Gasteiger partial charge in [0.15, 0.2) is 5.88 Å². The van der Waals surface area contributed by atoms with Crippen LogP contribution in [0, 0.1) is 0 Å². The molecule has 1 saturated heterocycles. The Labute approximate surface area is 186 Å². The monoisotopic (exact) mass is 438 g/mol. The summed E-state index contributed by atoms with van der Waals surface area (Å²) >= 11 is 0. The van der Waals surface area contributed by atoms with E-state index in [0.717, 1.165) is 54.7 Å². The van der Waals surface area contributed by atoms with Gasteiger partial charge in [0.05, 0.1) is 29.7 Å². The maximum absolute atomic E-state index is 12.6. The van der Waals surface area contributed by atoms with Crippen molar-refractivity contribution in [3.8, 4) is 5.88 Å². The number of carbonyl (C=O) groups excluding carboxylic acids is 1. The van der Waals surface area contributed by atoms with E-state index in [-0.39, 0.29) is 18.4 Å². The maximum atomic E-state index is 12.6. The number of nitrogens with zero attached hydrogens (tertiary/aromatic N) is 3. The fourth-order valence-corrected chi connectivity index (χ4v) is 3.84. The zero-order chi connectivity index (χ0) is 22.5. The summed E-state index contributed by atoms with van der Waals surface area (Å²) < 4.78 is 1.92. The Bertz CT molecular complexity index is 1110. The molecule has 0 unspecified atom stereocenters. The van der Waals surface area contributed by atoms with Crippen LogP contribution in [-0.2, 0) is 0 Å². The zero-order valence-electron chi connectivity index (χ0n) is 18.3. The van der Waals surface area contributed by atoms with Crippen molar-refractivity contribution in [3.05, 3.63) is 41.7 Å². The average Bonchev–Trinajstić information content (AvgIpc) is 3.33. The van der Waals surface area contributed by atoms with Crippen LogP contribution in [0.3, 0.4) is 0 Å². The third kappa shape index (κ3) is 4.68. The van der Waals surface area contributed by atoms with E-state index in [1.807, 2.05) is 17.8 Å². The number of nitrogens with one attached hydrogen (secondary N) is 3. The van der Waals surface area contributed by atoms with Gasteiger partial charge in [-0.3, -0.25) is 9.48 Å². The molecule has 0 radical (unpaired) electrons. The van der Waals surface area contributed by atoms with Gasteiger partial charge in [-0.05, 0) is 43.9 Å². The highest BCUT2D eigenvalue weighted by Gasteiger charge is 2.20. The van der Waals surface area contributed by atoms with Crippen molar-refractivity contribution in [1.82, 2.24) is 25.4 Å². The van der Waals surface area contributed by atoms with E-state index >= 15 is 0 Å². The number of unbranched alkanes of at least 4 members (excludes halogenated alkanes) is 2. The van der Waals surface area contributed by atoms with Crippen LogP contribution < -0.4 is 10.6 Å². The fraction of sp³-hybridized carbons (Fsp3) is 0.435. The van der Waals surface area contributed by atoms with Crippen molar-refractivity contribution in [1.29, 1.82) is 0 Å². The van der Waals surface area contributed by atoms with Crippen molar-refractivity contribution in [2.24, 2.45) is 4.99 Å². The first kappa shape index (κ1) is 22.0. The smallest absolute Gasteiger partial charge is 0.251 e. The Balaban J connectivity index is 1.58. The Hall–Kier alpha value is -3.17. The Kier molecular flexibility index (Phi) is 6.87. The van der Waals surface area contributed by atoms with Crippen LogP contribution in [0.25, 0.3) is 10.9 Å². The SMILES string of the molecule is CCC(=Nc1cnn(C2CNC2)c1)c1c(O)[nH]c2ccc(C(=O)NCCCCCO)cc12. The van der Waals surface area contributed by atoms with Gasteiger partial charge in [-0.2, -0.15) is 5.10 Å². The van der Waals surface area contributed by atoms with E-state index in [4.69, 9.17) is 10.1 Å². The lowest BCUT2D eigenvalue weighted by molar-refractivity contribution is 0.0953. The van der Waals surface area contributed by atoms with Crippen LogP contribution in [-0.4, -0.2) is 62.8 Å². The van der Waals surface area contributed by atoms with Gasteiger partial charge in [0, 0.05) is 42.7 Å². The molecular formula is C23H30N6O3. The number of carbonyl (C=O) groups is 1. The van der Waals surface area contributed by atoms with Gasteiger partial charge in [0.1, 0.15) is 5.69 Å². The summed E-state index contributed by atoms with van der Waals surface area (Å²) in [6, 6.07) is 5.69. The van der Waals surface area contributed by atoms with E-state index < -0.39 is 0 Å². The van der Waals surface area contributed by atoms with Gasteiger partial charge in [0.25, 0.3) is 5.91 Å². The minimum Gasteiger partial charge on any atom is -0.494 e. The van der Waals surface area contributed by atoms with Gasteiger partial charge >= 0.3 is 0 Å². The number of hydrogen-bond donors (Lipinski definition) is 5. The number of aliphatic imine (C=N–C) groups is 1. The number of aromatic hydroxyl groups is 1. The van der Waals surface area contributed by atoms with Crippen LogP contribution >= 0.6 is 0 Å². The number of rotatable bonds is 10. The molecule has 32 heavy (non-hydrogen) atoms. The fourth-order valence-electron chi connectivity index (χ4n) is 3.84. The molecule has 0 atom stereocenters. The number of aromatic amines is 1. The average molecular weight is 439 g/mol. The Morgan fingerprint density at radius 1 is 1.31 bits per heavy atom. The lowest BCUT2D eigenvalue weighted by Gasteiger charge is -2.26. The van der Waals surface area contributed by atoms with Gasteiger partial charge in [-0.15, -0.1) is 0 Å². The highest BCUT2D eigenvalue weighted by molar-refractivity contribution is 6.14. The molecule has 4 rings (SSSR count). The molecule has 2 aromatic heterocycles. The van der Waals surface area contributed by atoms with Gasteiger partial charge in [0.2, 0.25) is 0 Å². The molecule has 3 heterocycles. The number of H-pyrrole nitrogens is 1. The van der Waals surface area contributed by atoms with E-state index in [1.165, 1.54) is 0 Å². The molecule has 170 valence electrons. The first-order valence-corrected chi connectivity index (χ1v) is 11.2. The standard InChI is InChI=1S/C23H30N6O3/c1-2-19(27-16-11-26-29(14-16)17-12-24-13-17)21-18-10-15(6-7-20(18)28-23(21)32)22(31)25-8-4-3-5-9-30/h6-7,10-11,14,17,24,28,30,32H,2-5,8-9,12-13H2,1H3,(H,25,31). The van der Waals surface area contributed by atoms with E-state index in [0.29, 0.717) is 30.1 Å². The van der Waals surface area contributed by atoms with E-state index in [9.17, 15) is 9.90 Å². The number of benzene rings is 1. The number of hydrogen-bond acceptors (Lipinski definition) is 6. The minimum absolute atomic E-state index is 0.0396. The molecule has 1 aliphatic heterocycles. The van der Waals surface area contributed by atoms with Crippen LogP contribution in [0.1, 0.15) is 54.6 Å². The third-order valence-electron chi connectivity index (χ3n) is 5.77. The Morgan fingerprint density at radius 2 is 2.16 bits per heavy atom. The molecule has 3 aromatic rings. The van der Waals surface area contributed by atoms with Gasteiger partial charge in [-0.1, -0.05) is 6.92 Å². The second-order valence-corrected chi connectivity index (χ2v) is 8.05. The second-order valence-electron chi connectivity index (χ2n) is 8.05. The number of aliphatic hydroxyl groups excluding tert-OH is 1. The summed E-state index contributed by atoms with van der Waals surface area (Å²) in [6.45, 7) is 4.52. The van der Waals surface area contributed by atoms with E-state index in [2.05, 4.69) is 20.7 Å². The maximum Gasteiger partial charge on any atom is 0.251 e. The molecule has 1 aromatic carbocycles. The predicted octanol–water partition coefficient (Wildman–Crippen LogP) is 2.64. The zero-order valence-corrected chi connectivity index (χ0v) is 18.3. The van der Waals surface area contributed by atoms with Crippen molar-refractivity contribution >= 4 is 28.2 Å². The van der Waals surface area contributed by atoms with Crippen molar-refractivity contribution in [2.75, 3.05) is 26.2 Å². The summed E-state index contributed by atoms with van der Waals surface area (Å²) in [6.07, 6.45) is 6.69. The quantitative estimate of drug-likeness (QED) is 0.246. The van der Waals surface area contributed by atoms with E-state index in [1.54, 1.807) is 24.4 Å². The number of aliphatic hydroxyl groups is 1. The molecule has 5 N–H and O–H groups in total. The highest BCUT2D eigenvalue weighted by Crippen LogP contribution is 2.31. The molecule has 0 aliphatic carbocycles. The van der Waals surface area contributed by atoms with Gasteiger partial charge in [-0.25, -0.2) is 4.99 Å².